The van der Waals surface area contributed by atoms with Crippen molar-refractivity contribution in [3.05, 3.63) is 51.3 Å². The number of rotatable bonds is 5. The zero-order valence-corrected chi connectivity index (χ0v) is 13.4. The van der Waals surface area contributed by atoms with E-state index < -0.39 is 12.5 Å². The molecule has 2 rings (SSSR count). The minimum atomic E-state index is -2.49. The summed E-state index contributed by atoms with van der Waals surface area (Å²) in [6.07, 6.45) is -2.08. The van der Waals surface area contributed by atoms with E-state index in [9.17, 15) is 13.9 Å². The highest BCUT2D eigenvalue weighted by Gasteiger charge is 2.18. The van der Waals surface area contributed by atoms with Gasteiger partial charge in [-0.25, -0.2) is 8.78 Å². The first-order chi connectivity index (χ1) is 9.93. The van der Waals surface area contributed by atoms with Gasteiger partial charge in [0.15, 0.2) is 0 Å². The van der Waals surface area contributed by atoms with Gasteiger partial charge >= 0.3 is 0 Å². The van der Waals surface area contributed by atoms with Gasteiger partial charge < -0.3 is 5.11 Å². The minimum Gasteiger partial charge on any atom is -0.388 e. The number of halogens is 3. The summed E-state index contributed by atoms with van der Waals surface area (Å²) >= 11 is 3.50. The zero-order valence-electron chi connectivity index (χ0n) is 11.9. The molecule has 114 valence electrons. The van der Waals surface area contributed by atoms with Crippen LogP contribution in [0.4, 0.5) is 8.78 Å². The van der Waals surface area contributed by atoms with E-state index in [1.165, 1.54) is 24.3 Å². The van der Waals surface area contributed by atoms with Crippen molar-refractivity contribution in [2.75, 3.05) is 0 Å². The fourth-order valence-electron chi connectivity index (χ4n) is 2.21. The molecular weight excluding hydrogens is 342 g/mol. The van der Waals surface area contributed by atoms with E-state index in [0.717, 1.165) is 22.3 Å². The van der Waals surface area contributed by atoms with Crippen LogP contribution < -0.4 is 0 Å². The molecule has 1 unspecified atom stereocenters. The maximum atomic E-state index is 12.5. The number of alkyl halides is 2. The Kier molecular flexibility index (Phi) is 5.11. The fraction of sp³-hybridized carbons (Fsp3) is 0.400. The summed E-state index contributed by atoms with van der Waals surface area (Å²) in [7, 11) is 1.83. The predicted molar refractivity (Wildman–Crippen MR) is 80.3 cm³/mol. The van der Waals surface area contributed by atoms with E-state index in [0.29, 0.717) is 12.0 Å². The summed E-state index contributed by atoms with van der Waals surface area (Å²) in [6, 6.07) is 5.77. The smallest absolute Gasteiger partial charge is 0.263 e. The van der Waals surface area contributed by atoms with Crippen LogP contribution in [0.5, 0.6) is 0 Å². The van der Waals surface area contributed by atoms with Gasteiger partial charge in [0, 0.05) is 19.0 Å². The van der Waals surface area contributed by atoms with Gasteiger partial charge in [0.05, 0.1) is 22.0 Å². The quantitative estimate of drug-likeness (QED) is 0.878. The lowest BCUT2D eigenvalue weighted by Gasteiger charge is -2.12. The van der Waals surface area contributed by atoms with Crippen molar-refractivity contribution in [1.29, 1.82) is 0 Å². The Bertz CT molecular complexity index is 611. The van der Waals surface area contributed by atoms with E-state index in [1.807, 2.05) is 14.0 Å². The van der Waals surface area contributed by atoms with Crippen molar-refractivity contribution >= 4 is 15.9 Å². The molecular formula is C15H17BrF2N2O. The van der Waals surface area contributed by atoms with E-state index >= 15 is 0 Å². The van der Waals surface area contributed by atoms with Crippen molar-refractivity contribution in [2.24, 2.45) is 7.05 Å². The molecule has 0 spiro atoms. The predicted octanol–water partition coefficient (Wildman–Crippen LogP) is 3.96. The minimum absolute atomic E-state index is 0.0408. The van der Waals surface area contributed by atoms with Crippen LogP contribution in [0.1, 0.15) is 42.0 Å². The molecule has 0 saturated heterocycles. The van der Waals surface area contributed by atoms with Gasteiger partial charge in [0.1, 0.15) is 0 Å². The molecule has 0 aliphatic rings. The third-order valence-electron chi connectivity index (χ3n) is 3.46. The second-order valence-corrected chi connectivity index (χ2v) is 5.66. The van der Waals surface area contributed by atoms with Gasteiger partial charge in [0.2, 0.25) is 0 Å². The van der Waals surface area contributed by atoms with Crippen molar-refractivity contribution in [2.45, 2.75) is 32.3 Å². The maximum Gasteiger partial charge on any atom is 0.263 e. The number of benzene rings is 1. The van der Waals surface area contributed by atoms with Crippen LogP contribution in [0.2, 0.25) is 0 Å². The summed E-state index contributed by atoms with van der Waals surface area (Å²) in [5.41, 5.74) is 2.40. The highest BCUT2D eigenvalue weighted by atomic mass is 79.9. The van der Waals surface area contributed by atoms with Crippen molar-refractivity contribution in [1.82, 2.24) is 9.78 Å². The molecule has 21 heavy (non-hydrogen) atoms. The maximum absolute atomic E-state index is 12.5. The van der Waals surface area contributed by atoms with Crippen LogP contribution in [-0.2, 0) is 19.9 Å². The third-order valence-corrected chi connectivity index (χ3v) is 4.38. The van der Waals surface area contributed by atoms with Gasteiger partial charge in [-0.05, 0) is 27.9 Å². The number of aromatic nitrogens is 2. The fourth-order valence-corrected chi connectivity index (χ4v) is 2.98. The van der Waals surface area contributed by atoms with Gasteiger partial charge in [-0.15, -0.1) is 0 Å². The molecule has 1 heterocycles. The molecule has 6 heteroatoms. The number of aliphatic hydroxyl groups excluding tert-OH is 1. The van der Waals surface area contributed by atoms with E-state index in [-0.39, 0.29) is 5.56 Å². The number of hydrogen-bond donors (Lipinski definition) is 1. The normalized spacial score (nSPS) is 12.9. The lowest BCUT2D eigenvalue weighted by molar-refractivity contribution is 0.150. The van der Waals surface area contributed by atoms with Crippen LogP contribution in [0.15, 0.2) is 28.7 Å². The largest absolute Gasteiger partial charge is 0.388 e. The zero-order chi connectivity index (χ0) is 15.6. The molecule has 0 radical (unpaired) electrons. The van der Waals surface area contributed by atoms with Crippen LogP contribution in [0.25, 0.3) is 0 Å². The molecule has 3 nitrogen and oxygen atoms in total. The number of nitrogens with zero attached hydrogens (tertiary/aromatic N) is 2. The van der Waals surface area contributed by atoms with Gasteiger partial charge in [-0.3, -0.25) is 4.68 Å². The number of hydrogen-bond acceptors (Lipinski definition) is 2. The monoisotopic (exact) mass is 358 g/mol. The standard InChI is InChI=1S/C15H17BrF2N2O/c1-3-11-14(16)12(20(2)19-11)8-13(21)9-4-6-10(7-5-9)15(17)18/h4-7,13,15,21H,3,8H2,1-2H3. The SMILES string of the molecule is CCc1nn(C)c(CC(O)c2ccc(C(F)F)cc2)c1Br. The Labute approximate surface area is 130 Å². The molecule has 0 aliphatic heterocycles. The van der Waals surface area contributed by atoms with E-state index in [1.54, 1.807) is 4.68 Å². The lowest BCUT2D eigenvalue weighted by atomic mass is 10.0. The summed E-state index contributed by atoms with van der Waals surface area (Å²) in [5.74, 6) is 0. The van der Waals surface area contributed by atoms with Crippen molar-refractivity contribution in [3.8, 4) is 0 Å². The second-order valence-electron chi connectivity index (χ2n) is 4.87. The van der Waals surface area contributed by atoms with Gasteiger partial charge in [-0.2, -0.15) is 5.10 Å². The molecule has 0 amide bonds. The third kappa shape index (κ3) is 3.49. The lowest BCUT2D eigenvalue weighted by Crippen LogP contribution is -2.07. The summed E-state index contributed by atoms with van der Waals surface area (Å²) in [5, 5.41) is 14.7. The molecule has 1 N–H and O–H groups in total. The highest BCUT2D eigenvalue weighted by molar-refractivity contribution is 9.10. The molecule has 1 aromatic carbocycles. The van der Waals surface area contributed by atoms with Crippen LogP contribution in [0, 0.1) is 0 Å². The summed E-state index contributed by atoms with van der Waals surface area (Å²) in [6.45, 7) is 2.01. The van der Waals surface area contributed by atoms with Crippen LogP contribution in [0.3, 0.4) is 0 Å². The molecule has 0 bridgehead atoms. The molecule has 1 atom stereocenters. The Morgan fingerprint density at radius 1 is 1.24 bits per heavy atom. The van der Waals surface area contributed by atoms with E-state index in [4.69, 9.17) is 0 Å². The molecule has 2 aromatic rings. The molecule has 0 aliphatic carbocycles. The Morgan fingerprint density at radius 2 is 1.81 bits per heavy atom. The molecule has 1 aromatic heterocycles. The number of aryl methyl sites for hydroxylation is 2. The van der Waals surface area contributed by atoms with Crippen molar-refractivity contribution < 1.29 is 13.9 Å². The summed E-state index contributed by atoms with van der Waals surface area (Å²) in [4.78, 5) is 0. The molecule has 0 fully saturated rings. The van der Waals surface area contributed by atoms with Crippen molar-refractivity contribution in [3.63, 3.8) is 0 Å². The van der Waals surface area contributed by atoms with Gasteiger partial charge in [0.25, 0.3) is 6.43 Å². The van der Waals surface area contributed by atoms with Crippen LogP contribution >= 0.6 is 15.9 Å². The van der Waals surface area contributed by atoms with Crippen LogP contribution in [-0.4, -0.2) is 14.9 Å². The first-order valence-corrected chi connectivity index (χ1v) is 7.49. The second kappa shape index (κ2) is 6.66. The van der Waals surface area contributed by atoms with E-state index in [2.05, 4.69) is 21.0 Å². The summed E-state index contributed by atoms with van der Waals surface area (Å²) < 4.78 is 27.7. The topological polar surface area (TPSA) is 38.0 Å². The highest BCUT2D eigenvalue weighted by Crippen LogP contribution is 2.27. The average Bonchev–Trinajstić information content (AvgIpc) is 2.74. The first kappa shape index (κ1) is 16.1. The first-order valence-electron chi connectivity index (χ1n) is 6.70. The van der Waals surface area contributed by atoms with Gasteiger partial charge in [-0.1, -0.05) is 31.2 Å². The Morgan fingerprint density at radius 3 is 2.29 bits per heavy atom. The Hall–Kier alpha value is -1.27. The number of aliphatic hydroxyl groups is 1. The molecule has 0 saturated carbocycles. The Balaban J connectivity index is 2.18. The average molecular weight is 359 g/mol.